The molecule has 0 radical (unpaired) electrons. The molecule has 2 N–H and O–H groups in total. The number of anilines is 1. The summed E-state index contributed by atoms with van der Waals surface area (Å²) in [5.74, 6) is 0.626. The summed E-state index contributed by atoms with van der Waals surface area (Å²) < 4.78 is 0. The van der Waals surface area contributed by atoms with Gasteiger partial charge in [-0.1, -0.05) is 30.3 Å². The summed E-state index contributed by atoms with van der Waals surface area (Å²) in [7, 11) is 0. The van der Waals surface area contributed by atoms with Crippen molar-refractivity contribution in [2.45, 2.75) is 18.8 Å². The molecule has 1 heterocycles. The van der Waals surface area contributed by atoms with E-state index >= 15 is 0 Å². The van der Waals surface area contributed by atoms with E-state index in [0.717, 1.165) is 37.1 Å². The molecular formula is C18H18N2O. The minimum Gasteiger partial charge on any atom is -0.399 e. The molecule has 1 aliphatic carbocycles. The molecule has 1 atom stereocenters. The van der Waals surface area contributed by atoms with Crippen LogP contribution in [0.2, 0.25) is 0 Å². The van der Waals surface area contributed by atoms with E-state index in [1.807, 2.05) is 23.1 Å². The maximum Gasteiger partial charge on any atom is 0.254 e. The molecule has 0 fully saturated rings. The van der Waals surface area contributed by atoms with E-state index in [-0.39, 0.29) is 5.91 Å². The highest BCUT2D eigenvalue weighted by molar-refractivity contribution is 5.97. The molecule has 0 spiro atoms. The van der Waals surface area contributed by atoms with E-state index in [9.17, 15) is 4.79 Å². The third-order valence-electron chi connectivity index (χ3n) is 4.70. The van der Waals surface area contributed by atoms with Gasteiger partial charge in [-0.2, -0.15) is 0 Å². The third-order valence-corrected chi connectivity index (χ3v) is 4.70. The molecule has 3 nitrogen and oxygen atoms in total. The zero-order valence-corrected chi connectivity index (χ0v) is 11.9. The van der Waals surface area contributed by atoms with Gasteiger partial charge in [-0.15, -0.1) is 0 Å². The lowest BCUT2D eigenvalue weighted by Gasteiger charge is -2.37. The molecular weight excluding hydrogens is 260 g/mol. The number of hydrogen-bond acceptors (Lipinski definition) is 2. The van der Waals surface area contributed by atoms with Crippen molar-refractivity contribution in [3.05, 3.63) is 64.7 Å². The molecule has 106 valence electrons. The van der Waals surface area contributed by atoms with Crippen molar-refractivity contribution >= 4 is 11.6 Å². The van der Waals surface area contributed by atoms with Crippen molar-refractivity contribution < 1.29 is 4.79 Å². The Hall–Kier alpha value is -2.29. The molecule has 1 amide bonds. The van der Waals surface area contributed by atoms with Crippen molar-refractivity contribution in [2.24, 2.45) is 0 Å². The van der Waals surface area contributed by atoms with E-state index in [2.05, 4.69) is 24.3 Å². The first-order valence-electron chi connectivity index (χ1n) is 7.48. The topological polar surface area (TPSA) is 46.3 Å². The molecule has 1 unspecified atom stereocenters. The van der Waals surface area contributed by atoms with Gasteiger partial charge in [0.2, 0.25) is 0 Å². The number of fused-ring (bicyclic) bond motifs is 2. The van der Waals surface area contributed by atoms with Gasteiger partial charge >= 0.3 is 0 Å². The lowest BCUT2D eigenvalue weighted by molar-refractivity contribution is 0.0724. The largest absolute Gasteiger partial charge is 0.399 e. The Morgan fingerprint density at radius 1 is 1.14 bits per heavy atom. The molecule has 3 heteroatoms. The van der Waals surface area contributed by atoms with Crippen molar-refractivity contribution in [1.82, 2.24) is 4.90 Å². The van der Waals surface area contributed by atoms with E-state index in [4.69, 9.17) is 5.73 Å². The lowest BCUT2D eigenvalue weighted by Crippen LogP contribution is -2.42. The fourth-order valence-corrected chi connectivity index (χ4v) is 3.50. The molecule has 4 rings (SSSR count). The van der Waals surface area contributed by atoms with Gasteiger partial charge in [-0.3, -0.25) is 4.79 Å². The Bertz CT molecular complexity index is 723. The van der Waals surface area contributed by atoms with E-state index in [1.165, 1.54) is 11.1 Å². The van der Waals surface area contributed by atoms with E-state index < -0.39 is 0 Å². The Labute approximate surface area is 124 Å². The second-order valence-electron chi connectivity index (χ2n) is 6.02. The summed E-state index contributed by atoms with van der Waals surface area (Å²) in [5, 5.41) is 0. The van der Waals surface area contributed by atoms with Crippen LogP contribution in [0.3, 0.4) is 0 Å². The summed E-state index contributed by atoms with van der Waals surface area (Å²) in [5.41, 5.74) is 11.2. The summed E-state index contributed by atoms with van der Waals surface area (Å²) in [4.78, 5) is 14.6. The average molecular weight is 278 g/mol. The number of hydrogen-bond donors (Lipinski definition) is 1. The molecule has 2 aromatic carbocycles. The fourth-order valence-electron chi connectivity index (χ4n) is 3.50. The van der Waals surface area contributed by atoms with Crippen LogP contribution in [-0.2, 0) is 12.8 Å². The first-order valence-corrected chi connectivity index (χ1v) is 7.48. The van der Waals surface area contributed by atoms with Crippen LogP contribution in [0.4, 0.5) is 5.69 Å². The highest BCUT2D eigenvalue weighted by Gasteiger charge is 2.31. The predicted octanol–water partition coefficient (Wildman–Crippen LogP) is 2.61. The lowest BCUT2D eigenvalue weighted by atomic mass is 9.77. The number of nitrogens with zero attached hydrogens (tertiary/aromatic N) is 1. The maximum atomic E-state index is 12.6. The van der Waals surface area contributed by atoms with Gasteiger partial charge in [-0.25, -0.2) is 0 Å². The smallest absolute Gasteiger partial charge is 0.254 e. The van der Waals surface area contributed by atoms with Crippen LogP contribution in [-0.4, -0.2) is 23.9 Å². The second kappa shape index (κ2) is 4.62. The normalized spacial score (nSPS) is 19.7. The number of carbonyl (C=O) groups is 1. The molecule has 2 aliphatic rings. The molecule has 2 aromatic rings. The summed E-state index contributed by atoms with van der Waals surface area (Å²) in [6.45, 7) is 1.64. The molecule has 0 saturated carbocycles. The van der Waals surface area contributed by atoms with Crippen LogP contribution >= 0.6 is 0 Å². The highest BCUT2D eigenvalue weighted by atomic mass is 16.2. The predicted molar refractivity (Wildman–Crippen MR) is 83.3 cm³/mol. The summed E-state index contributed by atoms with van der Waals surface area (Å²) in [6, 6.07) is 14.2. The SMILES string of the molecule is Nc1ccc2c(c1)C(=O)N(CC1Cc3ccccc31)CC2. The van der Waals surface area contributed by atoms with Crippen molar-refractivity contribution in [2.75, 3.05) is 18.8 Å². The minimum absolute atomic E-state index is 0.132. The van der Waals surface area contributed by atoms with E-state index in [1.54, 1.807) is 0 Å². The summed E-state index contributed by atoms with van der Waals surface area (Å²) in [6.07, 6.45) is 2.01. The van der Waals surface area contributed by atoms with Gasteiger partial charge in [0, 0.05) is 30.3 Å². The molecule has 0 bridgehead atoms. The number of amides is 1. The van der Waals surface area contributed by atoms with Gasteiger partial charge in [0.25, 0.3) is 5.91 Å². The molecule has 1 aliphatic heterocycles. The van der Waals surface area contributed by atoms with Gasteiger partial charge in [-0.05, 0) is 41.7 Å². The van der Waals surface area contributed by atoms with Crippen LogP contribution in [0.5, 0.6) is 0 Å². The average Bonchev–Trinajstić information content (AvgIpc) is 2.47. The van der Waals surface area contributed by atoms with Crippen molar-refractivity contribution in [3.63, 3.8) is 0 Å². The number of rotatable bonds is 2. The quantitative estimate of drug-likeness (QED) is 0.858. The number of nitrogens with two attached hydrogens (primary N) is 1. The first-order chi connectivity index (χ1) is 10.2. The van der Waals surface area contributed by atoms with Crippen LogP contribution in [0.25, 0.3) is 0 Å². The molecule has 21 heavy (non-hydrogen) atoms. The zero-order valence-electron chi connectivity index (χ0n) is 11.9. The van der Waals surface area contributed by atoms with Gasteiger partial charge < -0.3 is 10.6 Å². The van der Waals surface area contributed by atoms with Crippen molar-refractivity contribution in [1.29, 1.82) is 0 Å². The van der Waals surface area contributed by atoms with Gasteiger partial charge in [0.15, 0.2) is 0 Å². The standard InChI is InChI=1S/C18H18N2O/c19-15-6-5-12-7-8-20(18(21)17(12)10-15)11-14-9-13-3-1-2-4-16(13)14/h1-6,10,14H,7-9,11,19H2. The Morgan fingerprint density at radius 3 is 2.86 bits per heavy atom. The van der Waals surface area contributed by atoms with Gasteiger partial charge in [0.1, 0.15) is 0 Å². The second-order valence-corrected chi connectivity index (χ2v) is 6.02. The maximum absolute atomic E-state index is 12.6. The number of nitrogen functional groups attached to an aromatic ring is 1. The first kappa shape index (κ1) is 12.5. The highest BCUT2D eigenvalue weighted by Crippen LogP contribution is 2.36. The third kappa shape index (κ3) is 2.00. The van der Waals surface area contributed by atoms with Gasteiger partial charge in [0.05, 0.1) is 0 Å². The Kier molecular flexibility index (Phi) is 2.74. The Morgan fingerprint density at radius 2 is 2.00 bits per heavy atom. The van der Waals surface area contributed by atoms with Crippen LogP contribution in [0.1, 0.15) is 33.0 Å². The monoisotopic (exact) mass is 278 g/mol. The van der Waals surface area contributed by atoms with Crippen LogP contribution < -0.4 is 5.73 Å². The van der Waals surface area contributed by atoms with Crippen LogP contribution in [0.15, 0.2) is 42.5 Å². The molecule has 0 saturated heterocycles. The van der Waals surface area contributed by atoms with Crippen molar-refractivity contribution in [3.8, 4) is 0 Å². The fraction of sp³-hybridized carbons (Fsp3) is 0.278. The number of benzene rings is 2. The summed E-state index contributed by atoms with van der Waals surface area (Å²) >= 11 is 0. The zero-order chi connectivity index (χ0) is 14.4. The number of carbonyl (C=O) groups excluding carboxylic acids is 1. The van der Waals surface area contributed by atoms with E-state index in [0.29, 0.717) is 11.6 Å². The molecule has 0 aromatic heterocycles. The minimum atomic E-state index is 0.132. The Balaban J connectivity index is 1.55. The van der Waals surface area contributed by atoms with Crippen LogP contribution in [0, 0.1) is 0 Å².